The third-order valence-electron chi connectivity index (χ3n) is 5.51. The summed E-state index contributed by atoms with van der Waals surface area (Å²) in [7, 11) is 0. The van der Waals surface area contributed by atoms with Gasteiger partial charge in [0.2, 0.25) is 0 Å². The van der Waals surface area contributed by atoms with E-state index in [-0.39, 0.29) is 31.8 Å². The zero-order valence-electron chi connectivity index (χ0n) is 19.0. The van der Waals surface area contributed by atoms with E-state index in [1.165, 1.54) is 13.0 Å². The molecule has 0 spiro atoms. The first-order valence-electron chi connectivity index (χ1n) is 11.2. The number of carbonyl (C=O) groups is 2. The molecule has 34 heavy (non-hydrogen) atoms. The molecule has 1 aromatic rings. The van der Waals surface area contributed by atoms with Crippen molar-refractivity contribution in [1.82, 2.24) is 0 Å². The van der Waals surface area contributed by atoms with E-state index in [1.807, 2.05) is 12.2 Å². The molecule has 0 radical (unpaired) electrons. The number of benzene rings is 1. The molecular formula is C25H31F3O6. The highest BCUT2D eigenvalue weighted by Gasteiger charge is 2.37. The van der Waals surface area contributed by atoms with Crippen LogP contribution in [0.15, 0.2) is 48.6 Å². The SMILES string of the molecule is CC(=O)O[C@H]1CO[C@H](/C=C/[C@@H](O)CCc2cccc(C(F)(F)F)c2)[C@H]1C/C=C\CCCC(=O)O. The fourth-order valence-electron chi connectivity index (χ4n) is 3.78. The second kappa shape index (κ2) is 13.3. The van der Waals surface area contributed by atoms with E-state index >= 15 is 0 Å². The first-order valence-corrected chi connectivity index (χ1v) is 11.2. The molecular weight excluding hydrogens is 453 g/mol. The summed E-state index contributed by atoms with van der Waals surface area (Å²) in [5, 5.41) is 19.0. The molecule has 0 saturated carbocycles. The lowest BCUT2D eigenvalue weighted by Crippen LogP contribution is -2.27. The van der Waals surface area contributed by atoms with Crippen LogP contribution in [-0.2, 0) is 31.7 Å². The molecule has 0 aromatic heterocycles. The lowest BCUT2D eigenvalue weighted by Gasteiger charge is -2.19. The topological polar surface area (TPSA) is 93.1 Å². The van der Waals surface area contributed by atoms with Crippen LogP contribution in [0.4, 0.5) is 13.2 Å². The molecule has 0 aliphatic carbocycles. The second-order valence-corrected chi connectivity index (χ2v) is 8.29. The van der Waals surface area contributed by atoms with Gasteiger partial charge in [-0.25, -0.2) is 0 Å². The van der Waals surface area contributed by atoms with Crippen LogP contribution in [0.2, 0.25) is 0 Å². The second-order valence-electron chi connectivity index (χ2n) is 8.29. The fourth-order valence-corrected chi connectivity index (χ4v) is 3.78. The minimum Gasteiger partial charge on any atom is -0.481 e. The number of aryl methyl sites for hydroxylation is 1. The number of esters is 1. The van der Waals surface area contributed by atoms with Crippen LogP contribution >= 0.6 is 0 Å². The molecule has 2 N–H and O–H groups in total. The van der Waals surface area contributed by atoms with Crippen molar-refractivity contribution in [2.24, 2.45) is 5.92 Å². The van der Waals surface area contributed by atoms with E-state index in [0.717, 1.165) is 12.1 Å². The maximum absolute atomic E-state index is 12.9. The van der Waals surface area contributed by atoms with Crippen LogP contribution in [0.5, 0.6) is 0 Å². The molecule has 1 saturated heterocycles. The normalized spacial score (nSPS) is 21.9. The highest BCUT2D eigenvalue weighted by molar-refractivity contribution is 5.66. The quantitative estimate of drug-likeness (QED) is 0.254. The van der Waals surface area contributed by atoms with Crippen LogP contribution in [0.1, 0.15) is 50.2 Å². The summed E-state index contributed by atoms with van der Waals surface area (Å²) in [5.41, 5.74) is -0.231. The highest BCUT2D eigenvalue weighted by Crippen LogP contribution is 2.30. The predicted molar refractivity (Wildman–Crippen MR) is 119 cm³/mol. The number of rotatable bonds is 12. The lowest BCUT2D eigenvalue weighted by molar-refractivity contribution is -0.148. The summed E-state index contributed by atoms with van der Waals surface area (Å²) in [6, 6.07) is 5.03. The van der Waals surface area contributed by atoms with Crippen LogP contribution in [0.3, 0.4) is 0 Å². The molecule has 0 bridgehead atoms. The summed E-state index contributed by atoms with van der Waals surface area (Å²) in [4.78, 5) is 22.0. The Hall–Kier alpha value is -2.65. The van der Waals surface area contributed by atoms with Crippen LogP contribution in [0.25, 0.3) is 0 Å². The zero-order valence-corrected chi connectivity index (χ0v) is 19.0. The maximum Gasteiger partial charge on any atom is 0.416 e. The number of hydrogen-bond acceptors (Lipinski definition) is 5. The zero-order chi connectivity index (χ0) is 25.1. The highest BCUT2D eigenvalue weighted by atomic mass is 19.4. The Morgan fingerprint density at radius 3 is 2.74 bits per heavy atom. The Kier molecular flexibility index (Phi) is 10.8. The Morgan fingerprint density at radius 1 is 1.29 bits per heavy atom. The minimum absolute atomic E-state index is 0.0940. The number of allylic oxidation sites excluding steroid dienone is 2. The Labute approximate surface area is 197 Å². The van der Waals surface area contributed by atoms with E-state index < -0.39 is 42.0 Å². The van der Waals surface area contributed by atoms with E-state index in [2.05, 4.69) is 0 Å². The number of carbonyl (C=O) groups excluding carboxylic acids is 1. The van der Waals surface area contributed by atoms with Gasteiger partial charge in [-0.05, 0) is 43.7 Å². The van der Waals surface area contributed by atoms with E-state index in [9.17, 15) is 27.9 Å². The summed E-state index contributed by atoms with van der Waals surface area (Å²) < 4.78 is 49.7. The van der Waals surface area contributed by atoms with Crippen LogP contribution in [-0.4, -0.2) is 47.1 Å². The smallest absolute Gasteiger partial charge is 0.416 e. The fraction of sp³-hybridized carbons (Fsp3) is 0.520. The van der Waals surface area contributed by atoms with E-state index in [1.54, 1.807) is 18.2 Å². The summed E-state index contributed by atoms with van der Waals surface area (Å²) >= 11 is 0. The molecule has 188 valence electrons. The molecule has 9 heteroatoms. The van der Waals surface area contributed by atoms with Gasteiger partial charge >= 0.3 is 18.1 Å². The Bertz CT molecular complexity index is 864. The van der Waals surface area contributed by atoms with Gasteiger partial charge < -0.3 is 19.7 Å². The molecule has 6 nitrogen and oxygen atoms in total. The van der Waals surface area contributed by atoms with Crippen molar-refractivity contribution in [3.8, 4) is 0 Å². The monoisotopic (exact) mass is 484 g/mol. The van der Waals surface area contributed by atoms with Gasteiger partial charge in [0.25, 0.3) is 0 Å². The van der Waals surface area contributed by atoms with Crippen molar-refractivity contribution < 1.29 is 42.4 Å². The average molecular weight is 485 g/mol. The van der Waals surface area contributed by atoms with Crippen molar-refractivity contribution in [3.63, 3.8) is 0 Å². The number of unbranched alkanes of at least 4 members (excludes halogenated alkanes) is 1. The van der Waals surface area contributed by atoms with Gasteiger partial charge in [0.1, 0.15) is 6.10 Å². The number of aliphatic hydroxyl groups is 1. The van der Waals surface area contributed by atoms with Crippen molar-refractivity contribution >= 4 is 11.9 Å². The standard InChI is InChI=1S/C25H31F3O6/c1-17(29)34-23-16-33-22(21(23)9-4-2-3-5-10-24(31)32)14-13-20(30)12-11-18-7-6-8-19(15-18)25(26,27)28/h2,4,6-8,13-15,20-23,30H,3,5,9-12,16H2,1H3,(H,31,32)/b4-2-,14-13+/t20-,21+,22+,23-/m0/s1. The van der Waals surface area contributed by atoms with Gasteiger partial charge in [-0.2, -0.15) is 13.2 Å². The van der Waals surface area contributed by atoms with Gasteiger partial charge in [0.05, 0.1) is 24.4 Å². The Morgan fingerprint density at radius 2 is 2.06 bits per heavy atom. The minimum atomic E-state index is -4.41. The van der Waals surface area contributed by atoms with Gasteiger partial charge in [-0.3, -0.25) is 9.59 Å². The van der Waals surface area contributed by atoms with Gasteiger partial charge in [-0.1, -0.05) is 42.5 Å². The van der Waals surface area contributed by atoms with E-state index in [0.29, 0.717) is 24.8 Å². The van der Waals surface area contributed by atoms with Crippen molar-refractivity contribution in [2.45, 2.75) is 69.9 Å². The lowest BCUT2D eigenvalue weighted by atomic mass is 9.93. The summed E-state index contributed by atoms with van der Waals surface area (Å²) in [5.74, 6) is -1.44. The molecule has 1 aromatic carbocycles. The molecule has 1 heterocycles. The van der Waals surface area contributed by atoms with Crippen molar-refractivity contribution in [1.29, 1.82) is 0 Å². The Balaban J connectivity index is 1.92. The molecule has 1 aliphatic heterocycles. The number of ether oxygens (including phenoxy) is 2. The summed E-state index contributed by atoms with van der Waals surface area (Å²) in [6.07, 6.45) is 3.21. The van der Waals surface area contributed by atoms with Crippen molar-refractivity contribution in [2.75, 3.05) is 6.61 Å². The third-order valence-corrected chi connectivity index (χ3v) is 5.51. The molecule has 1 fully saturated rings. The molecule has 2 rings (SSSR count). The summed E-state index contributed by atoms with van der Waals surface area (Å²) in [6.45, 7) is 1.53. The predicted octanol–water partition coefficient (Wildman–Crippen LogP) is 4.70. The number of hydrogen-bond donors (Lipinski definition) is 2. The molecule has 1 aliphatic rings. The average Bonchev–Trinajstić information content (AvgIpc) is 3.13. The first-order chi connectivity index (χ1) is 16.1. The number of alkyl halides is 3. The molecule has 0 amide bonds. The van der Waals surface area contributed by atoms with Crippen LogP contribution < -0.4 is 0 Å². The number of carboxylic acid groups (broad SMARTS) is 1. The van der Waals surface area contributed by atoms with Crippen LogP contribution in [0, 0.1) is 5.92 Å². The van der Waals surface area contributed by atoms with Gasteiger partial charge in [-0.15, -0.1) is 0 Å². The third kappa shape index (κ3) is 9.69. The first kappa shape index (κ1) is 27.6. The maximum atomic E-state index is 12.9. The molecule has 4 atom stereocenters. The molecule has 0 unspecified atom stereocenters. The number of halogens is 3. The van der Waals surface area contributed by atoms with Crippen molar-refractivity contribution in [3.05, 3.63) is 59.7 Å². The van der Waals surface area contributed by atoms with Gasteiger partial charge in [0.15, 0.2) is 0 Å². The largest absolute Gasteiger partial charge is 0.481 e. The number of carboxylic acids is 1. The van der Waals surface area contributed by atoms with Gasteiger partial charge in [0, 0.05) is 19.3 Å². The van der Waals surface area contributed by atoms with E-state index in [4.69, 9.17) is 14.6 Å². The number of aliphatic hydroxyl groups excluding tert-OH is 1. The number of aliphatic carboxylic acids is 1.